The van der Waals surface area contributed by atoms with E-state index >= 15 is 0 Å². The van der Waals surface area contributed by atoms with Crippen molar-refractivity contribution in [3.8, 4) is 0 Å². The van der Waals surface area contributed by atoms with Gasteiger partial charge < -0.3 is 20.1 Å². The highest BCUT2D eigenvalue weighted by Crippen LogP contribution is 2.33. The molecule has 1 saturated heterocycles. The van der Waals surface area contributed by atoms with Crippen LogP contribution in [-0.2, 0) is 22.6 Å². The summed E-state index contributed by atoms with van der Waals surface area (Å²) in [6, 6.07) is 5.14. The summed E-state index contributed by atoms with van der Waals surface area (Å²) in [7, 11) is 3.37. The Morgan fingerprint density at radius 1 is 1.21 bits per heavy atom. The Kier molecular flexibility index (Phi) is 8.27. The molecule has 2 aliphatic rings. The van der Waals surface area contributed by atoms with Gasteiger partial charge in [0.2, 0.25) is 0 Å². The molecule has 1 heterocycles. The number of rotatable bonds is 7. The SMILES string of the molecule is CN=C(NCc1ccc(F)c(COC)c1)NCC1(N2CCOCC2)CCCCC1. The van der Waals surface area contributed by atoms with Crippen LogP contribution >= 0.6 is 0 Å². The van der Waals surface area contributed by atoms with Crippen LogP contribution < -0.4 is 10.6 Å². The van der Waals surface area contributed by atoms with Gasteiger partial charge in [-0.05, 0) is 30.5 Å². The maximum Gasteiger partial charge on any atom is 0.191 e. The predicted molar refractivity (Wildman–Crippen MR) is 114 cm³/mol. The van der Waals surface area contributed by atoms with Crippen LogP contribution in [0.3, 0.4) is 0 Å². The van der Waals surface area contributed by atoms with E-state index in [0.717, 1.165) is 44.4 Å². The molecule has 1 aliphatic heterocycles. The second-order valence-electron chi connectivity index (χ2n) is 8.02. The zero-order chi connectivity index (χ0) is 20.5. The van der Waals surface area contributed by atoms with Crippen LogP contribution in [0.25, 0.3) is 0 Å². The van der Waals surface area contributed by atoms with Gasteiger partial charge in [-0.2, -0.15) is 0 Å². The summed E-state index contributed by atoms with van der Waals surface area (Å²) in [5.74, 6) is 0.545. The first-order valence-corrected chi connectivity index (χ1v) is 10.7. The van der Waals surface area contributed by atoms with Crippen LogP contribution in [0.5, 0.6) is 0 Å². The Balaban J connectivity index is 1.58. The average Bonchev–Trinajstić information content (AvgIpc) is 2.77. The number of aliphatic imine (C=N–C) groups is 1. The third-order valence-electron chi connectivity index (χ3n) is 6.14. The number of halogens is 1. The summed E-state index contributed by atoms with van der Waals surface area (Å²) in [6.07, 6.45) is 6.32. The van der Waals surface area contributed by atoms with Crippen molar-refractivity contribution in [1.82, 2.24) is 15.5 Å². The molecule has 162 valence electrons. The number of morpholine rings is 1. The molecule has 1 aromatic carbocycles. The standard InChI is InChI=1S/C22H35FN4O2/c1-24-21(25-15-18-6-7-20(23)19(14-18)16-28-2)26-17-22(8-4-3-5-9-22)27-10-12-29-13-11-27/h6-7,14H,3-5,8-13,15-17H2,1-2H3,(H2,24,25,26). The highest BCUT2D eigenvalue weighted by atomic mass is 19.1. The molecule has 29 heavy (non-hydrogen) atoms. The van der Waals surface area contributed by atoms with Gasteiger partial charge in [0.1, 0.15) is 5.82 Å². The molecule has 1 aliphatic carbocycles. The Morgan fingerprint density at radius 2 is 1.97 bits per heavy atom. The van der Waals surface area contributed by atoms with Crippen molar-refractivity contribution < 1.29 is 13.9 Å². The molecule has 2 N–H and O–H groups in total. The minimum atomic E-state index is -0.233. The van der Waals surface area contributed by atoms with E-state index in [9.17, 15) is 4.39 Å². The largest absolute Gasteiger partial charge is 0.380 e. The lowest BCUT2D eigenvalue weighted by Gasteiger charge is -2.48. The summed E-state index contributed by atoms with van der Waals surface area (Å²) >= 11 is 0. The number of nitrogens with one attached hydrogen (secondary N) is 2. The Bertz CT molecular complexity index is 671. The molecule has 0 unspecified atom stereocenters. The molecule has 0 radical (unpaired) electrons. The molecule has 0 aromatic heterocycles. The summed E-state index contributed by atoms with van der Waals surface area (Å²) in [6.45, 7) is 5.39. The summed E-state index contributed by atoms with van der Waals surface area (Å²) in [5, 5.41) is 6.92. The van der Waals surface area contributed by atoms with Gasteiger partial charge in [-0.25, -0.2) is 4.39 Å². The molecule has 1 saturated carbocycles. The van der Waals surface area contributed by atoms with E-state index in [-0.39, 0.29) is 18.0 Å². The van der Waals surface area contributed by atoms with E-state index in [0.29, 0.717) is 12.1 Å². The van der Waals surface area contributed by atoms with Crippen LogP contribution in [0.1, 0.15) is 43.2 Å². The first-order valence-electron chi connectivity index (χ1n) is 10.7. The van der Waals surface area contributed by atoms with E-state index in [1.807, 2.05) is 6.07 Å². The van der Waals surface area contributed by atoms with Gasteiger partial charge in [0.25, 0.3) is 0 Å². The maximum atomic E-state index is 13.8. The molecule has 2 fully saturated rings. The third-order valence-corrected chi connectivity index (χ3v) is 6.14. The topological polar surface area (TPSA) is 58.1 Å². The molecule has 0 bridgehead atoms. The molecule has 0 amide bonds. The second-order valence-corrected chi connectivity index (χ2v) is 8.02. The zero-order valence-electron chi connectivity index (χ0n) is 17.8. The van der Waals surface area contributed by atoms with Crippen LogP contribution in [0, 0.1) is 5.82 Å². The van der Waals surface area contributed by atoms with Crippen molar-refractivity contribution in [3.63, 3.8) is 0 Å². The van der Waals surface area contributed by atoms with Crippen molar-refractivity contribution >= 4 is 5.96 Å². The van der Waals surface area contributed by atoms with Crippen LogP contribution in [0.4, 0.5) is 4.39 Å². The Labute approximate surface area is 173 Å². The molecular weight excluding hydrogens is 371 g/mol. The summed E-state index contributed by atoms with van der Waals surface area (Å²) < 4.78 is 24.5. The molecular formula is C22H35FN4O2. The van der Waals surface area contributed by atoms with Gasteiger partial charge in [-0.15, -0.1) is 0 Å². The summed E-state index contributed by atoms with van der Waals surface area (Å²) in [4.78, 5) is 7.01. The number of methoxy groups -OCH3 is 1. The average molecular weight is 407 g/mol. The predicted octanol–water partition coefficient (Wildman–Crippen LogP) is 2.67. The van der Waals surface area contributed by atoms with Crippen LogP contribution in [0.15, 0.2) is 23.2 Å². The minimum absolute atomic E-state index is 0.182. The van der Waals surface area contributed by atoms with Gasteiger partial charge in [0.05, 0.1) is 19.8 Å². The highest BCUT2D eigenvalue weighted by Gasteiger charge is 2.38. The van der Waals surface area contributed by atoms with Gasteiger partial charge in [0.15, 0.2) is 5.96 Å². The van der Waals surface area contributed by atoms with Gasteiger partial charge in [-0.1, -0.05) is 25.3 Å². The van der Waals surface area contributed by atoms with Crippen molar-refractivity contribution in [2.75, 3.05) is 47.0 Å². The highest BCUT2D eigenvalue weighted by molar-refractivity contribution is 5.79. The second kappa shape index (κ2) is 10.9. The van der Waals surface area contributed by atoms with E-state index in [1.165, 1.54) is 38.2 Å². The lowest BCUT2D eigenvalue weighted by Crippen LogP contribution is -2.60. The number of ether oxygens (including phenoxy) is 2. The maximum absolute atomic E-state index is 13.8. The van der Waals surface area contributed by atoms with Gasteiger partial charge in [0, 0.05) is 51.4 Å². The number of nitrogens with zero attached hydrogens (tertiary/aromatic N) is 2. The number of hydrogen-bond donors (Lipinski definition) is 2. The first kappa shape index (κ1) is 22.0. The molecule has 3 rings (SSSR count). The van der Waals surface area contributed by atoms with Crippen molar-refractivity contribution in [2.24, 2.45) is 4.99 Å². The van der Waals surface area contributed by atoms with Crippen molar-refractivity contribution in [2.45, 2.75) is 50.8 Å². The molecule has 1 aromatic rings. The number of guanidine groups is 1. The van der Waals surface area contributed by atoms with Crippen LogP contribution in [-0.4, -0.2) is 63.4 Å². The van der Waals surface area contributed by atoms with Crippen molar-refractivity contribution in [1.29, 1.82) is 0 Å². The summed E-state index contributed by atoms with van der Waals surface area (Å²) in [5.41, 5.74) is 1.76. The van der Waals surface area contributed by atoms with Gasteiger partial charge in [-0.3, -0.25) is 9.89 Å². The fourth-order valence-corrected chi connectivity index (χ4v) is 4.51. The van der Waals surface area contributed by atoms with Gasteiger partial charge >= 0.3 is 0 Å². The molecule has 7 heteroatoms. The monoisotopic (exact) mass is 406 g/mol. The first-order chi connectivity index (χ1) is 14.2. The fraction of sp³-hybridized carbons (Fsp3) is 0.682. The lowest BCUT2D eigenvalue weighted by atomic mass is 9.80. The minimum Gasteiger partial charge on any atom is -0.380 e. The molecule has 0 atom stereocenters. The van der Waals surface area contributed by atoms with E-state index < -0.39 is 0 Å². The smallest absolute Gasteiger partial charge is 0.191 e. The number of benzene rings is 1. The van der Waals surface area contributed by atoms with E-state index in [2.05, 4.69) is 20.5 Å². The Morgan fingerprint density at radius 3 is 2.66 bits per heavy atom. The lowest BCUT2D eigenvalue weighted by molar-refractivity contribution is -0.0352. The quantitative estimate of drug-likeness (QED) is 0.539. The van der Waals surface area contributed by atoms with E-state index in [1.54, 1.807) is 20.2 Å². The van der Waals surface area contributed by atoms with Crippen LogP contribution in [0.2, 0.25) is 0 Å². The third kappa shape index (κ3) is 5.90. The molecule has 0 spiro atoms. The Hall–Kier alpha value is -1.70. The zero-order valence-corrected chi connectivity index (χ0v) is 17.8. The van der Waals surface area contributed by atoms with Crippen molar-refractivity contribution in [3.05, 3.63) is 35.1 Å². The normalized spacial score (nSPS) is 20.4. The molecule has 6 nitrogen and oxygen atoms in total. The number of hydrogen-bond acceptors (Lipinski definition) is 4. The van der Waals surface area contributed by atoms with E-state index in [4.69, 9.17) is 9.47 Å². The fourth-order valence-electron chi connectivity index (χ4n) is 4.51.